The number of carbonyl (C=O) groups excluding carboxylic acids is 1. The predicted molar refractivity (Wildman–Crippen MR) is 125 cm³/mol. The first-order valence-electron chi connectivity index (χ1n) is 10.8. The number of benzene rings is 2. The Morgan fingerprint density at radius 3 is 2.65 bits per heavy atom. The van der Waals surface area contributed by atoms with E-state index in [0.717, 1.165) is 16.3 Å². The summed E-state index contributed by atoms with van der Waals surface area (Å²) in [5.41, 5.74) is 4.24. The van der Waals surface area contributed by atoms with Crippen LogP contribution in [0.5, 0.6) is 0 Å². The lowest BCUT2D eigenvalue weighted by molar-refractivity contribution is -0.131. The highest BCUT2D eigenvalue weighted by Crippen LogP contribution is 2.36. The van der Waals surface area contributed by atoms with Gasteiger partial charge in [-0.15, -0.1) is 10.2 Å². The van der Waals surface area contributed by atoms with E-state index in [1.807, 2.05) is 35.2 Å². The van der Waals surface area contributed by atoms with Crippen LogP contribution in [-0.2, 0) is 11.3 Å². The van der Waals surface area contributed by atoms with Crippen molar-refractivity contribution in [1.82, 2.24) is 19.5 Å². The van der Waals surface area contributed by atoms with E-state index < -0.39 is 0 Å². The number of hydrogen-bond donors (Lipinski definition) is 0. The maximum absolute atomic E-state index is 13.3. The Balaban J connectivity index is 1.39. The fourth-order valence-corrected chi connectivity index (χ4v) is 5.09. The summed E-state index contributed by atoms with van der Waals surface area (Å²) in [5.74, 6) is 1.13. The van der Waals surface area contributed by atoms with Gasteiger partial charge in [0, 0.05) is 18.0 Å². The number of carbonyl (C=O) groups is 1. The number of para-hydroxylation sites is 1. The van der Waals surface area contributed by atoms with Gasteiger partial charge in [-0.1, -0.05) is 60.3 Å². The normalized spacial score (nSPS) is 14.8. The topological polar surface area (TPSA) is 50.5 Å². The molecule has 4 aromatic rings. The van der Waals surface area contributed by atoms with Crippen LogP contribution in [0.25, 0.3) is 16.6 Å². The van der Waals surface area contributed by atoms with Gasteiger partial charge in [0.2, 0.25) is 5.91 Å². The third kappa shape index (κ3) is 4.04. The molecule has 0 aliphatic heterocycles. The van der Waals surface area contributed by atoms with E-state index in [2.05, 4.69) is 58.8 Å². The SMILES string of the molecule is Cc1cc2nnc(SCC(=O)N(Cc3ccccc3)C(C)C3CC3)n2c2ccccc12. The largest absolute Gasteiger partial charge is 0.335 e. The van der Waals surface area contributed by atoms with Crippen molar-refractivity contribution in [2.45, 2.75) is 44.4 Å². The summed E-state index contributed by atoms with van der Waals surface area (Å²) >= 11 is 1.47. The summed E-state index contributed by atoms with van der Waals surface area (Å²) < 4.78 is 2.06. The Morgan fingerprint density at radius 2 is 1.87 bits per heavy atom. The van der Waals surface area contributed by atoms with Gasteiger partial charge in [-0.2, -0.15) is 0 Å². The van der Waals surface area contributed by atoms with E-state index >= 15 is 0 Å². The molecule has 5 nitrogen and oxygen atoms in total. The molecule has 1 fully saturated rings. The molecule has 2 heterocycles. The molecule has 1 unspecified atom stereocenters. The standard InChI is InChI=1S/C25H26N4OS/c1-17-14-23-26-27-25(29(23)22-11-7-6-10-21(17)22)31-16-24(30)28(18(2)20-12-13-20)15-19-8-4-3-5-9-19/h3-11,14,18,20H,12-13,15-16H2,1-2H3. The minimum atomic E-state index is 0.154. The maximum atomic E-state index is 13.3. The van der Waals surface area contributed by atoms with Crippen LogP contribution in [0.2, 0.25) is 0 Å². The van der Waals surface area contributed by atoms with E-state index in [1.54, 1.807) is 0 Å². The lowest BCUT2D eigenvalue weighted by Gasteiger charge is -2.29. The summed E-state index contributed by atoms with van der Waals surface area (Å²) in [4.78, 5) is 15.4. The third-order valence-electron chi connectivity index (χ3n) is 6.21. The number of pyridine rings is 1. The molecular formula is C25H26N4OS. The third-order valence-corrected chi connectivity index (χ3v) is 7.12. The molecule has 1 amide bonds. The monoisotopic (exact) mass is 430 g/mol. The van der Waals surface area contributed by atoms with Crippen molar-refractivity contribution >= 4 is 34.2 Å². The zero-order chi connectivity index (χ0) is 21.4. The Hall–Kier alpha value is -2.86. The van der Waals surface area contributed by atoms with Crippen molar-refractivity contribution in [2.24, 2.45) is 5.92 Å². The first kappa shape index (κ1) is 20.1. The number of nitrogens with zero attached hydrogens (tertiary/aromatic N) is 4. The smallest absolute Gasteiger partial charge is 0.233 e. The lowest BCUT2D eigenvalue weighted by atomic mass is 10.1. The van der Waals surface area contributed by atoms with Crippen molar-refractivity contribution in [3.8, 4) is 0 Å². The van der Waals surface area contributed by atoms with Crippen LogP contribution >= 0.6 is 11.8 Å². The van der Waals surface area contributed by atoms with E-state index in [-0.39, 0.29) is 11.9 Å². The van der Waals surface area contributed by atoms with Gasteiger partial charge in [0.1, 0.15) is 0 Å². The van der Waals surface area contributed by atoms with Crippen LogP contribution in [-0.4, -0.2) is 37.2 Å². The second-order valence-corrected chi connectivity index (χ2v) is 9.34. The molecule has 31 heavy (non-hydrogen) atoms. The maximum Gasteiger partial charge on any atom is 0.233 e. The molecule has 158 valence electrons. The van der Waals surface area contributed by atoms with E-state index in [0.29, 0.717) is 18.2 Å². The van der Waals surface area contributed by atoms with Crippen LogP contribution in [0.15, 0.2) is 65.8 Å². The lowest BCUT2D eigenvalue weighted by Crippen LogP contribution is -2.40. The van der Waals surface area contributed by atoms with Crippen molar-refractivity contribution in [1.29, 1.82) is 0 Å². The number of rotatable bonds is 7. The average Bonchev–Trinajstić information content (AvgIpc) is 3.57. The summed E-state index contributed by atoms with van der Waals surface area (Å²) in [6.45, 7) is 4.93. The number of amides is 1. The van der Waals surface area contributed by atoms with Crippen LogP contribution in [0.4, 0.5) is 0 Å². The number of aromatic nitrogens is 3. The fraction of sp³-hybridized carbons (Fsp3) is 0.320. The minimum Gasteiger partial charge on any atom is -0.335 e. The zero-order valence-electron chi connectivity index (χ0n) is 17.9. The highest BCUT2D eigenvalue weighted by Gasteiger charge is 2.34. The van der Waals surface area contributed by atoms with Gasteiger partial charge in [-0.25, -0.2) is 0 Å². The fourth-order valence-electron chi connectivity index (χ4n) is 4.25. The van der Waals surface area contributed by atoms with Crippen LogP contribution in [0.1, 0.15) is 30.9 Å². The molecule has 1 aliphatic carbocycles. The molecule has 1 atom stereocenters. The van der Waals surface area contributed by atoms with Crippen LogP contribution < -0.4 is 0 Å². The second kappa shape index (κ2) is 8.35. The quantitative estimate of drug-likeness (QED) is 0.382. The van der Waals surface area contributed by atoms with E-state index in [9.17, 15) is 4.79 Å². The molecule has 0 spiro atoms. The van der Waals surface area contributed by atoms with Gasteiger partial charge >= 0.3 is 0 Å². The molecule has 2 aromatic heterocycles. The second-order valence-electron chi connectivity index (χ2n) is 8.39. The summed E-state index contributed by atoms with van der Waals surface area (Å²) in [5, 5.41) is 10.7. The number of aryl methyl sites for hydroxylation is 1. The Morgan fingerprint density at radius 1 is 1.13 bits per heavy atom. The molecule has 0 saturated heterocycles. The van der Waals surface area contributed by atoms with Crippen molar-refractivity contribution in [3.05, 3.63) is 71.8 Å². The predicted octanol–water partition coefficient (Wildman–Crippen LogP) is 5.11. The summed E-state index contributed by atoms with van der Waals surface area (Å²) in [7, 11) is 0. The van der Waals surface area contributed by atoms with Crippen LogP contribution in [0.3, 0.4) is 0 Å². The van der Waals surface area contributed by atoms with Gasteiger partial charge in [0.25, 0.3) is 0 Å². The Bertz CT molecular complexity index is 1230. The van der Waals surface area contributed by atoms with Gasteiger partial charge < -0.3 is 4.90 Å². The molecule has 5 rings (SSSR count). The van der Waals surface area contributed by atoms with Crippen molar-refractivity contribution in [2.75, 3.05) is 5.75 Å². The number of hydrogen-bond acceptors (Lipinski definition) is 4. The highest BCUT2D eigenvalue weighted by atomic mass is 32.2. The van der Waals surface area contributed by atoms with Gasteiger partial charge in [-0.05, 0) is 55.9 Å². The molecule has 0 N–H and O–H groups in total. The summed E-state index contributed by atoms with van der Waals surface area (Å²) in [6.07, 6.45) is 2.43. The van der Waals surface area contributed by atoms with Gasteiger partial charge in [0.05, 0.1) is 11.3 Å². The van der Waals surface area contributed by atoms with E-state index in [4.69, 9.17) is 0 Å². The molecule has 1 saturated carbocycles. The Kier molecular flexibility index (Phi) is 5.40. The van der Waals surface area contributed by atoms with Crippen molar-refractivity contribution < 1.29 is 4.79 Å². The van der Waals surface area contributed by atoms with Crippen molar-refractivity contribution in [3.63, 3.8) is 0 Å². The highest BCUT2D eigenvalue weighted by molar-refractivity contribution is 7.99. The first-order valence-corrected chi connectivity index (χ1v) is 11.8. The van der Waals surface area contributed by atoms with Gasteiger partial charge in [0.15, 0.2) is 10.8 Å². The molecule has 6 heteroatoms. The molecule has 2 aromatic carbocycles. The molecule has 1 aliphatic rings. The molecular weight excluding hydrogens is 404 g/mol. The molecule has 0 bridgehead atoms. The van der Waals surface area contributed by atoms with Gasteiger partial charge in [-0.3, -0.25) is 9.20 Å². The first-order chi connectivity index (χ1) is 15.1. The summed E-state index contributed by atoms with van der Waals surface area (Å²) in [6, 6.07) is 20.8. The number of thioether (sulfide) groups is 1. The number of fused-ring (bicyclic) bond motifs is 3. The van der Waals surface area contributed by atoms with Crippen LogP contribution in [0, 0.1) is 12.8 Å². The molecule has 0 radical (unpaired) electrons. The zero-order valence-corrected chi connectivity index (χ0v) is 18.7. The van der Waals surface area contributed by atoms with E-state index in [1.165, 1.54) is 41.1 Å². The minimum absolute atomic E-state index is 0.154. The Labute approximate surface area is 186 Å². The average molecular weight is 431 g/mol.